The highest BCUT2D eigenvalue weighted by Crippen LogP contribution is 2.38. The fraction of sp³-hybridized carbons (Fsp3) is 0.714. The Hall–Kier alpha value is -1.86. The van der Waals surface area contributed by atoms with Gasteiger partial charge in [-0.1, -0.05) is 63.5 Å². The van der Waals surface area contributed by atoms with Crippen LogP contribution in [-0.2, 0) is 19.4 Å². The number of nitrogens with one attached hydrogen (secondary N) is 1. The quantitative estimate of drug-likeness (QED) is 0.254. The molecular weight excluding hydrogens is 528 g/mol. The normalized spacial score (nSPS) is 21.7. The Bertz CT molecular complexity index is 1040. The Morgan fingerprint density at radius 3 is 2.24 bits per heavy atom. The number of nitrogens with zero attached hydrogens (tertiary/aromatic N) is 1. The van der Waals surface area contributed by atoms with Gasteiger partial charge in [-0.2, -0.15) is 5.26 Å². The fourth-order valence-electron chi connectivity index (χ4n) is 4.79. The van der Waals surface area contributed by atoms with Gasteiger partial charge in [-0.3, -0.25) is 10.1 Å². The highest BCUT2D eigenvalue weighted by atomic mass is 35.5. The van der Waals surface area contributed by atoms with Crippen molar-refractivity contribution >= 4 is 27.4 Å². The lowest BCUT2D eigenvalue weighted by Gasteiger charge is -2.13. The molecule has 2 N–H and O–H groups in total. The summed E-state index contributed by atoms with van der Waals surface area (Å²) in [5.41, 5.74) is -0.110. The van der Waals surface area contributed by atoms with E-state index in [1.165, 1.54) is 83.8 Å². The molecule has 0 bridgehead atoms. The van der Waals surface area contributed by atoms with Crippen LogP contribution < -0.4 is 10.1 Å². The lowest BCUT2D eigenvalue weighted by molar-refractivity contribution is -0.145. The first-order valence-corrected chi connectivity index (χ1v) is 15.6. The molecular formula is C28H43ClN2O6S. The number of halogens is 1. The molecule has 2 aliphatic rings. The molecule has 38 heavy (non-hydrogen) atoms. The molecule has 0 aliphatic heterocycles. The molecule has 0 spiro atoms. The van der Waals surface area contributed by atoms with Crippen molar-refractivity contribution in [3.8, 4) is 11.8 Å². The third-order valence-corrected chi connectivity index (χ3v) is 10.1. The van der Waals surface area contributed by atoms with Crippen molar-refractivity contribution in [2.24, 2.45) is 5.92 Å². The number of hydrogen-bond acceptors (Lipinski definition) is 7. The Morgan fingerprint density at radius 2 is 1.76 bits per heavy atom. The van der Waals surface area contributed by atoms with Crippen molar-refractivity contribution in [3.05, 3.63) is 23.2 Å². The smallest absolute Gasteiger partial charge is 0.309 e. The first-order valence-electron chi connectivity index (χ1n) is 13.6. The van der Waals surface area contributed by atoms with Gasteiger partial charge in [0.05, 0.1) is 40.4 Å². The molecule has 0 saturated heterocycles. The minimum Gasteiger partial charge on any atom is -0.497 e. The van der Waals surface area contributed by atoms with Crippen LogP contribution in [0.1, 0.15) is 84.0 Å². The van der Waals surface area contributed by atoms with Gasteiger partial charge >= 0.3 is 5.97 Å². The zero-order valence-corrected chi connectivity index (χ0v) is 24.5. The Kier molecular flexibility index (Phi) is 13.3. The van der Waals surface area contributed by atoms with E-state index in [2.05, 4.69) is 18.3 Å². The van der Waals surface area contributed by atoms with E-state index in [0.29, 0.717) is 5.75 Å². The van der Waals surface area contributed by atoms with Crippen LogP contribution in [0.25, 0.3) is 0 Å². The van der Waals surface area contributed by atoms with E-state index in [-0.39, 0.29) is 28.3 Å². The summed E-state index contributed by atoms with van der Waals surface area (Å²) in [6, 6.07) is 6.68. The van der Waals surface area contributed by atoms with Crippen LogP contribution in [-0.4, -0.2) is 57.2 Å². The molecule has 2 fully saturated rings. The monoisotopic (exact) mass is 570 g/mol. The van der Waals surface area contributed by atoms with Crippen molar-refractivity contribution in [1.82, 2.24) is 5.32 Å². The standard InChI is InChI=1S/C14H17ClO6S.C14H26N2/c1-20-8-3-4-13(11(15)5-8)22(18,19)9-6-10(14(16)17)12(7-9)21-2;1-2-3-4-5-6-7-8-9-12-16-14(13-15)10-11-14/h3-5,9-10,12H,6-7H2,1-2H3,(H,16,17);16H,2-12H2,1H3/t9-,10-,12-;/m0./s1. The van der Waals surface area contributed by atoms with E-state index >= 15 is 0 Å². The molecule has 0 amide bonds. The number of rotatable bonds is 15. The number of nitriles is 1. The molecule has 1 aromatic carbocycles. The van der Waals surface area contributed by atoms with Crippen molar-refractivity contribution in [3.63, 3.8) is 0 Å². The van der Waals surface area contributed by atoms with Crippen LogP contribution in [0.5, 0.6) is 5.75 Å². The maximum Gasteiger partial charge on any atom is 0.309 e. The van der Waals surface area contributed by atoms with Crippen molar-refractivity contribution < 1.29 is 27.8 Å². The van der Waals surface area contributed by atoms with Crippen LogP contribution in [0.2, 0.25) is 5.02 Å². The van der Waals surface area contributed by atoms with E-state index in [9.17, 15) is 18.3 Å². The van der Waals surface area contributed by atoms with Gasteiger partial charge in [0.15, 0.2) is 9.84 Å². The Morgan fingerprint density at radius 1 is 1.13 bits per heavy atom. The second-order valence-electron chi connectivity index (χ2n) is 10.2. The molecule has 2 saturated carbocycles. The second kappa shape index (κ2) is 15.7. The maximum absolute atomic E-state index is 12.7. The number of methoxy groups -OCH3 is 2. The summed E-state index contributed by atoms with van der Waals surface area (Å²) in [4.78, 5) is 11.2. The van der Waals surface area contributed by atoms with E-state index < -0.39 is 33.1 Å². The summed E-state index contributed by atoms with van der Waals surface area (Å²) in [6.45, 7) is 3.29. The summed E-state index contributed by atoms with van der Waals surface area (Å²) < 4.78 is 35.5. The summed E-state index contributed by atoms with van der Waals surface area (Å²) >= 11 is 6.03. The molecule has 8 nitrogen and oxygen atoms in total. The zero-order valence-electron chi connectivity index (χ0n) is 22.9. The minimum absolute atomic E-state index is 0.0124. The van der Waals surface area contributed by atoms with E-state index in [4.69, 9.17) is 26.3 Å². The van der Waals surface area contributed by atoms with Crippen molar-refractivity contribution in [1.29, 1.82) is 5.26 Å². The highest BCUT2D eigenvalue weighted by molar-refractivity contribution is 7.92. The number of carboxylic acids is 1. The van der Waals surface area contributed by atoms with Crippen molar-refractivity contribution in [2.45, 2.75) is 106 Å². The van der Waals surface area contributed by atoms with Gasteiger partial charge in [0, 0.05) is 13.2 Å². The summed E-state index contributed by atoms with van der Waals surface area (Å²) in [6.07, 6.45) is 12.5. The van der Waals surface area contributed by atoms with Crippen molar-refractivity contribution in [2.75, 3.05) is 20.8 Å². The lowest BCUT2D eigenvalue weighted by atomic mass is 10.1. The molecule has 1 aromatic rings. The number of ether oxygens (including phenoxy) is 2. The third kappa shape index (κ3) is 9.41. The highest BCUT2D eigenvalue weighted by Gasteiger charge is 2.45. The fourth-order valence-corrected chi connectivity index (χ4v) is 7.13. The number of benzene rings is 1. The Labute approximate surface area is 233 Å². The zero-order chi connectivity index (χ0) is 28.2. The van der Waals surface area contributed by atoms with E-state index in [1.807, 2.05) is 0 Å². The Balaban J connectivity index is 0.000000281. The average Bonchev–Trinajstić information content (AvgIpc) is 3.54. The first-order chi connectivity index (χ1) is 18.1. The van der Waals surface area contributed by atoms with Gasteiger partial charge < -0.3 is 14.6 Å². The van der Waals surface area contributed by atoms with E-state index in [1.54, 1.807) is 0 Å². The number of carbonyl (C=O) groups is 1. The average molecular weight is 571 g/mol. The van der Waals surface area contributed by atoms with Gasteiger partial charge in [-0.15, -0.1) is 0 Å². The van der Waals surface area contributed by atoms with Gasteiger partial charge in [-0.05, 0) is 50.8 Å². The second-order valence-corrected chi connectivity index (χ2v) is 12.9. The van der Waals surface area contributed by atoms with E-state index in [0.717, 1.165) is 19.4 Å². The van der Waals surface area contributed by atoms with Gasteiger partial charge in [-0.25, -0.2) is 8.42 Å². The molecule has 0 unspecified atom stereocenters. The molecule has 10 heteroatoms. The largest absolute Gasteiger partial charge is 0.497 e. The van der Waals surface area contributed by atoms with Gasteiger partial charge in [0.1, 0.15) is 11.3 Å². The first kappa shape index (κ1) is 32.4. The SMILES string of the molecule is CCCCCCCCCCNC1(C#N)CC1.COc1ccc(S(=O)(=O)[C@@H]2C[C@H](OC)[C@@H](C(=O)O)C2)c(Cl)c1. The third-order valence-electron chi connectivity index (χ3n) is 7.42. The topological polar surface area (TPSA) is 126 Å². The lowest BCUT2D eigenvalue weighted by Crippen LogP contribution is -2.30. The summed E-state index contributed by atoms with van der Waals surface area (Å²) in [5.74, 6) is -1.43. The molecule has 0 aromatic heterocycles. The number of carboxylic acid groups (broad SMARTS) is 1. The van der Waals surface area contributed by atoms with Gasteiger partial charge in [0.2, 0.25) is 0 Å². The van der Waals surface area contributed by atoms with Crippen LogP contribution >= 0.6 is 11.6 Å². The molecule has 0 radical (unpaired) electrons. The molecule has 3 atom stereocenters. The van der Waals surface area contributed by atoms with Crippen LogP contribution in [0.3, 0.4) is 0 Å². The molecule has 0 heterocycles. The van der Waals surface area contributed by atoms with Gasteiger partial charge in [0.25, 0.3) is 0 Å². The summed E-state index contributed by atoms with van der Waals surface area (Å²) in [7, 11) is -0.894. The maximum atomic E-state index is 12.7. The van der Waals surface area contributed by atoms with Crippen LogP contribution in [0.15, 0.2) is 23.1 Å². The number of unbranched alkanes of at least 4 members (excludes halogenated alkanes) is 7. The number of hydrogen-bond donors (Lipinski definition) is 2. The predicted molar refractivity (Wildman–Crippen MR) is 148 cm³/mol. The molecule has 214 valence electrons. The minimum atomic E-state index is -3.73. The molecule has 3 rings (SSSR count). The molecule has 2 aliphatic carbocycles. The number of sulfone groups is 1. The van der Waals surface area contributed by atoms with Crippen LogP contribution in [0, 0.1) is 17.2 Å². The van der Waals surface area contributed by atoms with Crippen LogP contribution in [0.4, 0.5) is 0 Å². The summed E-state index contributed by atoms with van der Waals surface area (Å²) in [5, 5.41) is 20.6. The number of aliphatic carboxylic acids is 1. The predicted octanol–water partition coefficient (Wildman–Crippen LogP) is 5.77.